The Morgan fingerprint density at radius 2 is 2.08 bits per heavy atom. The Bertz CT molecular complexity index is 717. The van der Waals surface area contributed by atoms with Crippen molar-refractivity contribution in [3.63, 3.8) is 0 Å². The fourth-order valence-corrected chi connectivity index (χ4v) is 4.55. The summed E-state index contributed by atoms with van der Waals surface area (Å²) in [5.74, 6) is 0.156. The normalized spacial score (nSPS) is 19.4. The maximum atomic E-state index is 12.4. The Balaban J connectivity index is 1.91. The molecule has 6 nitrogen and oxygen atoms in total. The molecule has 1 fully saturated rings. The van der Waals surface area contributed by atoms with E-state index < -0.39 is 9.84 Å². The highest BCUT2D eigenvalue weighted by molar-refractivity contribution is 7.91. The lowest BCUT2D eigenvalue weighted by molar-refractivity contribution is -0.138. The molecule has 0 aliphatic carbocycles. The van der Waals surface area contributed by atoms with Crippen molar-refractivity contribution in [2.24, 2.45) is 11.1 Å². The van der Waals surface area contributed by atoms with Crippen LogP contribution in [-0.2, 0) is 19.5 Å². The van der Waals surface area contributed by atoms with Crippen LogP contribution in [0.15, 0.2) is 29.4 Å². The molecule has 1 heterocycles. The first-order valence-corrected chi connectivity index (χ1v) is 10.4. The minimum absolute atomic E-state index is 0.0273. The van der Waals surface area contributed by atoms with Crippen molar-refractivity contribution in [1.82, 2.24) is 4.90 Å². The van der Waals surface area contributed by atoms with Crippen LogP contribution in [0.4, 0.5) is 0 Å². The van der Waals surface area contributed by atoms with Crippen LogP contribution < -0.4 is 0 Å². The molecule has 0 spiro atoms. The fourth-order valence-electron chi connectivity index (χ4n) is 2.69. The highest BCUT2D eigenvalue weighted by atomic mass is 35.5. The standard InChI is InChI=1S/C17H23ClN2O4S/c1-13(2)10-20(16-7-8-25(22,23)12-16)17(21)11-24-19-9-14-3-5-15(18)6-4-14/h3-6,9,13,16H,7-8,10-12H2,1-2H3/b19-9-/t16-/m0/s1. The highest BCUT2D eigenvalue weighted by Gasteiger charge is 2.34. The first-order chi connectivity index (χ1) is 11.8. The molecule has 1 aromatic carbocycles. The van der Waals surface area contributed by atoms with Crippen molar-refractivity contribution < 1.29 is 18.0 Å². The summed E-state index contributed by atoms with van der Waals surface area (Å²) in [7, 11) is -3.05. The molecule has 0 aromatic heterocycles. The summed E-state index contributed by atoms with van der Waals surface area (Å²) in [6.07, 6.45) is 1.98. The van der Waals surface area contributed by atoms with Crippen LogP contribution in [0.3, 0.4) is 0 Å². The van der Waals surface area contributed by atoms with Gasteiger partial charge in [-0.15, -0.1) is 0 Å². The Morgan fingerprint density at radius 3 is 2.64 bits per heavy atom. The summed E-state index contributed by atoms with van der Waals surface area (Å²) in [6.45, 7) is 4.27. The zero-order chi connectivity index (χ0) is 18.4. The molecule has 8 heteroatoms. The molecule has 2 rings (SSSR count). The number of nitrogens with zero attached hydrogens (tertiary/aromatic N) is 2. The van der Waals surface area contributed by atoms with Gasteiger partial charge in [-0.05, 0) is 30.0 Å². The first-order valence-electron chi connectivity index (χ1n) is 8.17. The Kier molecular flexibility index (Phi) is 6.84. The molecule has 0 N–H and O–H groups in total. The minimum atomic E-state index is -3.05. The van der Waals surface area contributed by atoms with Crippen LogP contribution in [0.5, 0.6) is 0 Å². The maximum Gasteiger partial charge on any atom is 0.263 e. The van der Waals surface area contributed by atoms with Crippen LogP contribution in [0.2, 0.25) is 5.02 Å². The molecule has 1 aliphatic heterocycles. The molecule has 0 radical (unpaired) electrons. The predicted octanol–water partition coefficient (Wildman–Crippen LogP) is 2.36. The summed E-state index contributed by atoms with van der Waals surface area (Å²) in [4.78, 5) is 19.2. The van der Waals surface area contributed by atoms with E-state index in [1.54, 1.807) is 29.2 Å². The van der Waals surface area contributed by atoms with E-state index >= 15 is 0 Å². The van der Waals surface area contributed by atoms with Gasteiger partial charge in [0.15, 0.2) is 16.4 Å². The van der Waals surface area contributed by atoms with Crippen molar-refractivity contribution in [2.45, 2.75) is 26.3 Å². The average Bonchev–Trinajstić information content (AvgIpc) is 2.90. The predicted molar refractivity (Wildman–Crippen MR) is 98.6 cm³/mol. The molecule has 25 heavy (non-hydrogen) atoms. The third kappa shape index (κ3) is 6.32. The lowest BCUT2D eigenvalue weighted by atomic mass is 10.1. The van der Waals surface area contributed by atoms with E-state index in [1.165, 1.54) is 6.21 Å². The molecule has 1 saturated heterocycles. The number of sulfone groups is 1. The molecule has 0 saturated carbocycles. The Hall–Kier alpha value is -1.60. The number of carbonyl (C=O) groups excluding carboxylic acids is 1. The van der Waals surface area contributed by atoms with Crippen molar-refractivity contribution in [1.29, 1.82) is 0 Å². The summed E-state index contributed by atoms with van der Waals surface area (Å²) in [5, 5.41) is 4.42. The number of oxime groups is 1. The molecule has 0 unspecified atom stereocenters. The van der Waals surface area contributed by atoms with Gasteiger partial charge in [0.25, 0.3) is 5.91 Å². The van der Waals surface area contributed by atoms with Gasteiger partial charge in [0.05, 0.1) is 17.7 Å². The van der Waals surface area contributed by atoms with E-state index in [9.17, 15) is 13.2 Å². The maximum absolute atomic E-state index is 12.4. The molecule has 1 atom stereocenters. The largest absolute Gasteiger partial charge is 0.386 e. The second-order valence-electron chi connectivity index (χ2n) is 6.56. The molecule has 1 aromatic rings. The second-order valence-corrected chi connectivity index (χ2v) is 9.22. The number of halogens is 1. The van der Waals surface area contributed by atoms with E-state index in [2.05, 4.69) is 5.16 Å². The van der Waals surface area contributed by atoms with E-state index in [-0.39, 0.29) is 36.0 Å². The van der Waals surface area contributed by atoms with E-state index in [0.29, 0.717) is 18.0 Å². The average molecular weight is 387 g/mol. The van der Waals surface area contributed by atoms with E-state index in [1.807, 2.05) is 13.8 Å². The van der Waals surface area contributed by atoms with Crippen molar-refractivity contribution in [3.8, 4) is 0 Å². The molecule has 138 valence electrons. The van der Waals surface area contributed by atoms with Crippen molar-refractivity contribution in [2.75, 3.05) is 24.7 Å². The lowest BCUT2D eigenvalue weighted by Crippen LogP contribution is -2.44. The fraction of sp³-hybridized carbons (Fsp3) is 0.529. The third-order valence-corrected chi connectivity index (χ3v) is 5.87. The summed E-state index contributed by atoms with van der Waals surface area (Å²) in [6, 6.07) is 6.76. The molecule has 1 aliphatic rings. The number of carbonyl (C=O) groups is 1. The molecular formula is C17H23ClN2O4S. The van der Waals surface area contributed by atoms with Crippen LogP contribution >= 0.6 is 11.6 Å². The third-order valence-electron chi connectivity index (χ3n) is 3.87. The highest BCUT2D eigenvalue weighted by Crippen LogP contribution is 2.19. The number of amides is 1. The van der Waals surface area contributed by atoms with Crippen LogP contribution in [0.25, 0.3) is 0 Å². The number of hydrogen-bond donors (Lipinski definition) is 0. The minimum Gasteiger partial charge on any atom is -0.386 e. The van der Waals surface area contributed by atoms with E-state index in [0.717, 1.165) is 5.56 Å². The number of benzene rings is 1. The summed E-state index contributed by atoms with van der Waals surface area (Å²) >= 11 is 5.80. The summed E-state index contributed by atoms with van der Waals surface area (Å²) in [5.41, 5.74) is 0.803. The van der Waals surface area contributed by atoms with Gasteiger partial charge < -0.3 is 9.74 Å². The van der Waals surface area contributed by atoms with Gasteiger partial charge in [0.2, 0.25) is 0 Å². The van der Waals surface area contributed by atoms with Gasteiger partial charge in [-0.25, -0.2) is 8.42 Å². The summed E-state index contributed by atoms with van der Waals surface area (Å²) < 4.78 is 23.4. The first kappa shape index (κ1) is 19.7. The zero-order valence-corrected chi connectivity index (χ0v) is 16.0. The van der Waals surface area contributed by atoms with Gasteiger partial charge in [0.1, 0.15) is 0 Å². The van der Waals surface area contributed by atoms with Gasteiger partial charge in [0, 0.05) is 17.6 Å². The van der Waals surface area contributed by atoms with Gasteiger partial charge in [-0.3, -0.25) is 4.79 Å². The second kappa shape index (κ2) is 8.67. The Morgan fingerprint density at radius 1 is 1.40 bits per heavy atom. The van der Waals surface area contributed by atoms with E-state index in [4.69, 9.17) is 16.4 Å². The van der Waals surface area contributed by atoms with Crippen LogP contribution in [0, 0.1) is 5.92 Å². The van der Waals surface area contributed by atoms with Gasteiger partial charge in [-0.1, -0.05) is 42.7 Å². The molecular weight excluding hydrogens is 364 g/mol. The van der Waals surface area contributed by atoms with Crippen LogP contribution in [0.1, 0.15) is 25.8 Å². The molecule has 1 amide bonds. The topological polar surface area (TPSA) is 76.0 Å². The molecule has 0 bridgehead atoms. The van der Waals surface area contributed by atoms with Crippen molar-refractivity contribution in [3.05, 3.63) is 34.9 Å². The monoisotopic (exact) mass is 386 g/mol. The van der Waals surface area contributed by atoms with Gasteiger partial charge >= 0.3 is 0 Å². The zero-order valence-electron chi connectivity index (χ0n) is 14.4. The SMILES string of the molecule is CC(C)CN(C(=O)CO/N=C\c1ccc(Cl)cc1)[C@H]1CCS(=O)(=O)C1. The smallest absolute Gasteiger partial charge is 0.263 e. The quantitative estimate of drug-likeness (QED) is 0.532. The number of rotatable bonds is 7. The Labute approximate surface area is 153 Å². The lowest BCUT2D eigenvalue weighted by Gasteiger charge is -2.29. The van der Waals surface area contributed by atoms with Gasteiger partial charge in [-0.2, -0.15) is 0 Å². The van der Waals surface area contributed by atoms with Crippen LogP contribution in [-0.4, -0.2) is 56.1 Å². The van der Waals surface area contributed by atoms with Crippen molar-refractivity contribution >= 4 is 33.6 Å². The number of hydrogen-bond acceptors (Lipinski definition) is 5.